The number of phenolic OH excluding ortho intramolecular Hbond substituents is 1. The second-order valence-electron chi connectivity index (χ2n) is 6.33. The van der Waals surface area contributed by atoms with E-state index in [1.807, 2.05) is 60.7 Å². The van der Waals surface area contributed by atoms with Crippen LogP contribution in [-0.4, -0.2) is 18.2 Å². The van der Waals surface area contributed by atoms with Crippen LogP contribution in [0.1, 0.15) is 5.56 Å². The highest BCUT2D eigenvalue weighted by Crippen LogP contribution is 2.47. The molecule has 3 aromatic carbocycles. The highest BCUT2D eigenvalue weighted by molar-refractivity contribution is 7.22. The second-order valence-corrected chi connectivity index (χ2v) is 7.39. The van der Waals surface area contributed by atoms with Gasteiger partial charge in [-0.3, -0.25) is 0 Å². The summed E-state index contributed by atoms with van der Waals surface area (Å²) in [6.07, 6.45) is 3.07. The quantitative estimate of drug-likeness (QED) is 0.316. The molecular formula is C24H18O4S. The number of carbonyl (C=O) groups is 1. The van der Waals surface area contributed by atoms with Gasteiger partial charge in [0.15, 0.2) is 5.75 Å². The van der Waals surface area contributed by atoms with Crippen LogP contribution < -0.4 is 4.74 Å². The molecule has 0 amide bonds. The zero-order chi connectivity index (χ0) is 20.2. The largest absolute Gasteiger partial charge is 0.508 e. The Labute approximate surface area is 172 Å². The first-order valence-electron chi connectivity index (χ1n) is 8.99. The number of rotatable bonds is 5. The predicted molar refractivity (Wildman–Crippen MR) is 116 cm³/mol. The summed E-state index contributed by atoms with van der Waals surface area (Å²) >= 11 is 1.58. The van der Waals surface area contributed by atoms with Crippen molar-refractivity contribution in [2.75, 3.05) is 7.11 Å². The summed E-state index contributed by atoms with van der Waals surface area (Å²) in [7, 11) is 1.35. The van der Waals surface area contributed by atoms with E-state index in [-0.39, 0.29) is 5.75 Å². The Bertz CT molecular complexity index is 1170. The Morgan fingerprint density at radius 1 is 1.00 bits per heavy atom. The summed E-state index contributed by atoms with van der Waals surface area (Å²) < 4.78 is 11.8. The molecule has 0 atom stereocenters. The maximum atomic E-state index is 11.2. The van der Waals surface area contributed by atoms with Crippen molar-refractivity contribution in [2.45, 2.75) is 0 Å². The molecule has 4 nitrogen and oxygen atoms in total. The van der Waals surface area contributed by atoms with E-state index in [1.54, 1.807) is 29.5 Å². The number of aromatic hydroxyl groups is 1. The predicted octanol–water partition coefficient (Wildman–Crippen LogP) is 6.25. The average molecular weight is 402 g/mol. The average Bonchev–Trinajstić information content (AvgIpc) is 3.11. The van der Waals surface area contributed by atoms with Crippen molar-refractivity contribution in [1.82, 2.24) is 0 Å². The van der Waals surface area contributed by atoms with Crippen LogP contribution in [-0.2, 0) is 9.53 Å². The fraction of sp³-hybridized carbons (Fsp3) is 0.0417. The van der Waals surface area contributed by atoms with E-state index in [1.165, 1.54) is 13.2 Å². The third-order valence-corrected chi connectivity index (χ3v) is 5.56. The molecule has 0 aliphatic heterocycles. The van der Waals surface area contributed by atoms with Crippen molar-refractivity contribution in [1.29, 1.82) is 0 Å². The van der Waals surface area contributed by atoms with Gasteiger partial charge < -0.3 is 14.6 Å². The molecule has 0 aliphatic rings. The zero-order valence-corrected chi connectivity index (χ0v) is 16.5. The van der Waals surface area contributed by atoms with Gasteiger partial charge in [0, 0.05) is 16.2 Å². The van der Waals surface area contributed by atoms with Gasteiger partial charge >= 0.3 is 5.97 Å². The van der Waals surface area contributed by atoms with Gasteiger partial charge in [0.25, 0.3) is 0 Å². The van der Waals surface area contributed by atoms with Gasteiger partial charge in [0.1, 0.15) is 11.5 Å². The van der Waals surface area contributed by atoms with Crippen LogP contribution in [0.3, 0.4) is 0 Å². The van der Waals surface area contributed by atoms with Crippen molar-refractivity contribution in [3.8, 4) is 27.7 Å². The van der Waals surface area contributed by atoms with Crippen molar-refractivity contribution < 1.29 is 19.4 Å². The molecule has 0 saturated heterocycles. The monoisotopic (exact) mass is 402 g/mol. The fourth-order valence-electron chi connectivity index (χ4n) is 2.94. The summed E-state index contributed by atoms with van der Waals surface area (Å²) in [6, 6.07) is 22.8. The SMILES string of the molecule is COC(=O)C=Cc1ccc(Oc2c(-c3ccccc3)sc3cc(O)ccc23)cc1. The smallest absolute Gasteiger partial charge is 0.330 e. The molecule has 0 fully saturated rings. The van der Waals surface area contributed by atoms with Gasteiger partial charge in [-0.05, 0) is 47.5 Å². The van der Waals surface area contributed by atoms with E-state index in [0.717, 1.165) is 31.8 Å². The maximum absolute atomic E-state index is 11.2. The molecular weight excluding hydrogens is 384 g/mol. The van der Waals surface area contributed by atoms with E-state index >= 15 is 0 Å². The molecule has 144 valence electrons. The molecule has 4 aromatic rings. The molecule has 0 aliphatic carbocycles. The van der Waals surface area contributed by atoms with E-state index in [0.29, 0.717) is 5.75 Å². The van der Waals surface area contributed by atoms with Crippen LogP contribution in [0, 0.1) is 0 Å². The Hall–Kier alpha value is -3.57. The molecule has 0 radical (unpaired) electrons. The van der Waals surface area contributed by atoms with E-state index < -0.39 is 5.97 Å². The normalized spacial score (nSPS) is 11.1. The number of methoxy groups -OCH3 is 1. The number of hydrogen-bond acceptors (Lipinski definition) is 5. The second kappa shape index (κ2) is 8.20. The molecule has 0 saturated carbocycles. The van der Waals surface area contributed by atoms with Crippen molar-refractivity contribution in [3.05, 3.63) is 84.4 Å². The lowest BCUT2D eigenvalue weighted by molar-refractivity contribution is -0.134. The number of ether oxygens (including phenoxy) is 2. The first-order chi connectivity index (χ1) is 14.1. The number of benzene rings is 3. The highest BCUT2D eigenvalue weighted by Gasteiger charge is 2.16. The van der Waals surface area contributed by atoms with Crippen molar-refractivity contribution in [2.24, 2.45) is 0 Å². The Balaban J connectivity index is 1.70. The minimum atomic E-state index is -0.397. The minimum absolute atomic E-state index is 0.228. The van der Waals surface area contributed by atoms with Gasteiger partial charge in [-0.1, -0.05) is 42.5 Å². The van der Waals surface area contributed by atoms with Gasteiger partial charge in [0.05, 0.1) is 12.0 Å². The molecule has 1 N–H and O–H groups in total. The highest BCUT2D eigenvalue weighted by atomic mass is 32.1. The molecule has 1 heterocycles. The first-order valence-corrected chi connectivity index (χ1v) is 9.80. The van der Waals surface area contributed by atoms with E-state index in [2.05, 4.69) is 4.74 Å². The lowest BCUT2D eigenvalue weighted by Crippen LogP contribution is -1.93. The fourth-order valence-corrected chi connectivity index (χ4v) is 4.11. The molecule has 0 bridgehead atoms. The van der Waals surface area contributed by atoms with Crippen LogP contribution in [0.15, 0.2) is 78.9 Å². The molecule has 1 aromatic heterocycles. The summed E-state index contributed by atoms with van der Waals surface area (Å²) in [5.74, 6) is 1.27. The van der Waals surface area contributed by atoms with Crippen LogP contribution >= 0.6 is 11.3 Å². The summed E-state index contributed by atoms with van der Waals surface area (Å²) in [6.45, 7) is 0. The summed E-state index contributed by atoms with van der Waals surface area (Å²) in [5, 5.41) is 10.8. The van der Waals surface area contributed by atoms with E-state index in [9.17, 15) is 9.90 Å². The Morgan fingerprint density at radius 2 is 1.76 bits per heavy atom. The maximum Gasteiger partial charge on any atom is 0.330 e. The van der Waals surface area contributed by atoms with Crippen molar-refractivity contribution in [3.63, 3.8) is 0 Å². The lowest BCUT2D eigenvalue weighted by atomic mass is 10.1. The summed E-state index contributed by atoms with van der Waals surface area (Å²) in [4.78, 5) is 12.2. The van der Waals surface area contributed by atoms with Crippen molar-refractivity contribution >= 4 is 33.5 Å². The van der Waals surface area contributed by atoms with Crippen LogP contribution in [0.5, 0.6) is 17.2 Å². The van der Waals surface area contributed by atoms with Crippen LogP contribution in [0.4, 0.5) is 0 Å². The third kappa shape index (κ3) is 4.15. The number of carbonyl (C=O) groups excluding carboxylic acids is 1. The molecule has 4 rings (SSSR count). The number of thiophene rings is 1. The van der Waals surface area contributed by atoms with Gasteiger partial charge in [0.2, 0.25) is 0 Å². The zero-order valence-electron chi connectivity index (χ0n) is 15.7. The van der Waals surface area contributed by atoms with Crippen LogP contribution in [0.25, 0.3) is 26.6 Å². The standard InChI is InChI=1S/C24H18O4S/c1-27-22(26)14-9-16-7-11-19(12-8-16)28-23-20-13-10-18(25)15-21(20)29-24(23)17-5-3-2-4-6-17/h2-15,25H,1H3. The third-order valence-electron chi connectivity index (χ3n) is 4.38. The lowest BCUT2D eigenvalue weighted by Gasteiger charge is -2.08. The summed E-state index contributed by atoms with van der Waals surface area (Å²) in [5.41, 5.74) is 1.92. The first kappa shape index (κ1) is 18.8. The van der Waals surface area contributed by atoms with Crippen LogP contribution in [0.2, 0.25) is 0 Å². The molecule has 29 heavy (non-hydrogen) atoms. The molecule has 0 spiro atoms. The Morgan fingerprint density at radius 3 is 2.48 bits per heavy atom. The number of hydrogen-bond donors (Lipinski definition) is 1. The van der Waals surface area contributed by atoms with Gasteiger partial charge in [-0.2, -0.15) is 0 Å². The number of phenols is 1. The topological polar surface area (TPSA) is 55.8 Å². The minimum Gasteiger partial charge on any atom is -0.508 e. The number of fused-ring (bicyclic) bond motifs is 1. The Kier molecular flexibility index (Phi) is 5.31. The van der Waals surface area contributed by atoms with E-state index in [4.69, 9.17) is 4.74 Å². The van der Waals surface area contributed by atoms with Gasteiger partial charge in [-0.15, -0.1) is 11.3 Å². The molecule has 5 heteroatoms. The molecule has 0 unspecified atom stereocenters. The number of esters is 1. The van der Waals surface area contributed by atoms with Gasteiger partial charge in [-0.25, -0.2) is 4.79 Å².